The van der Waals surface area contributed by atoms with Crippen molar-refractivity contribution in [2.45, 2.75) is 59.0 Å². The molecule has 2 amide bonds. The molecule has 9 nitrogen and oxygen atoms in total. The van der Waals surface area contributed by atoms with E-state index in [-0.39, 0.29) is 17.6 Å². The topological polar surface area (TPSA) is 107 Å². The van der Waals surface area contributed by atoms with E-state index < -0.39 is 17.8 Å². The van der Waals surface area contributed by atoms with Gasteiger partial charge in [0.15, 0.2) is 0 Å². The molecule has 1 saturated carbocycles. The highest BCUT2D eigenvalue weighted by molar-refractivity contribution is 6.00. The van der Waals surface area contributed by atoms with Gasteiger partial charge in [0, 0.05) is 32.1 Å². The SMILES string of the molecule is CCn1nccc1C(=O)N[C@H](C(=O)Nc1cc(F)c(-c2c(C)cnn2C)cn1)C1CCC(C)CC1. The van der Waals surface area contributed by atoms with E-state index >= 15 is 0 Å². The Balaban J connectivity index is 1.55. The summed E-state index contributed by atoms with van der Waals surface area (Å²) in [5.41, 5.74) is 2.15. The van der Waals surface area contributed by atoms with E-state index in [1.807, 2.05) is 13.8 Å². The Morgan fingerprint density at radius 3 is 2.57 bits per heavy atom. The van der Waals surface area contributed by atoms with Crippen LogP contribution in [0.25, 0.3) is 11.3 Å². The lowest BCUT2D eigenvalue weighted by atomic mass is 9.79. The average Bonchev–Trinajstić information content (AvgIpc) is 3.44. The van der Waals surface area contributed by atoms with E-state index in [0.29, 0.717) is 29.4 Å². The second-order valence-corrected chi connectivity index (χ2v) is 9.34. The normalized spacial score (nSPS) is 18.8. The molecule has 186 valence electrons. The minimum Gasteiger partial charge on any atom is -0.339 e. The molecule has 0 saturated heterocycles. The number of rotatable bonds is 7. The highest BCUT2D eigenvalue weighted by Gasteiger charge is 2.33. The Hall–Kier alpha value is -3.56. The fourth-order valence-electron chi connectivity index (χ4n) is 4.82. The number of nitrogens with zero attached hydrogens (tertiary/aromatic N) is 5. The van der Waals surface area contributed by atoms with Gasteiger partial charge in [-0.2, -0.15) is 10.2 Å². The van der Waals surface area contributed by atoms with Crippen LogP contribution in [0.1, 0.15) is 55.6 Å². The molecular formula is C25H32FN7O2. The van der Waals surface area contributed by atoms with Gasteiger partial charge in [-0.1, -0.05) is 19.8 Å². The number of carbonyl (C=O) groups excluding carboxylic acids is 2. The molecule has 1 atom stereocenters. The van der Waals surface area contributed by atoms with Crippen LogP contribution in [0.15, 0.2) is 30.7 Å². The molecule has 0 aromatic carbocycles. The molecule has 3 aromatic rings. The molecule has 10 heteroatoms. The van der Waals surface area contributed by atoms with Gasteiger partial charge in [-0.3, -0.25) is 19.0 Å². The van der Waals surface area contributed by atoms with Gasteiger partial charge in [0.25, 0.3) is 5.91 Å². The number of halogens is 1. The lowest BCUT2D eigenvalue weighted by Crippen LogP contribution is -2.49. The first kappa shape index (κ1) is 24.6. The Labute approximate surface area is 204 Å². The minimum atomic E-state index is -0.765. The summed E-state index contributed by atoms with van der Waals surface area (Å²) in [6.07, 6.45) is 8.25. The third-order valence-electron chi connectivity index (χ3n) is 6.83. The maximum atomic E-state index is 15.0. The van der Waals surface area contributed by atoms with E-state index in [1.165, 1.54) is 12.3 Å². The van der Waals surface area contributed by atoms with Gasteiger partial charge < -0.3 is 10.6 Å². The summed E-state index contributed by atoms with van der Waals surface area (Å²) in [7, 11) is 1.74. The van der Waals surface area contributed by atoms with Gasteiger partial charge in [0.05, 0.1) is 17.5 Å². The number of hydrogen-bond acceptors (Lipinski definition) is 5. The summed E-state index contributed by atoms with van der Waals surface area (Å²) >= 11 is 0. The largest absolute Gasteiger partial charge is 0.339 e. The molecule has 0 unspecified atom stereocenters. The minimum absolute atomic E-state index is 0.0191. The van der Waals surface area contributed by atoms with Crippen LogP contribution in [-0.4, -0.2) is 42.4 Å². The maximum absolute atomic E-state index is 15.0. The van der Waals surface area contributed by atoms with Crippen LogP contribution < -0.4 is 10.6 Å². The average molecular weight is 482 g/mol. The van der Waals surface area contributed by atoms with Crippen molar-refractivity contribution in [3.8, 4) is 11.3 Å². The third kappa shape index (κ3) is 5.26. The fourth-order valence-corrected chi connectivity index (χ4v) is 4.82. The van der Waals surface area contributed by atoms with Crippen molar-refractivity contribution >= 4 is 17.6 Å². The van der Waals surface area contributed by atoms with E-state index in [0.717, 1.165) is 31.2 Å². The summed E-state index contributed by atoms with van der Waals surface area (Å²) in [5, 5.41) is 13.9. The van der Waals surface area contributed by atoms with Crippen molar-refractivity contribution in [3.05, 3.63) is 47.8 Å². The van der Waals surface area contributed by atoms with Crippen LogP contribution in [-0.2, 0) is 18.4 Å². The number of aromatic nitrogens is 5. The van der Waals surface area contributed by atoms with Crippen molar-refractivity contribution in [1.29, 1.82) is 0 Å². The third-order valence-corrected chi connectivity index (χ3v) is 6.83. The maximum Gasteiger partial charge on any atom is 0.270 e. The molecule has 1 aliphatic carbocycles. The van der Waals surface area contributed by atoms with Crippen LogP contribution in [0.4, 0.5) is 10.2 Å². The summed E-state index contributed by atoms with van der Waals surface area (Å²) in [4.78, 5) is 30.7. The lowest BCUT2D eigenvalue weighted by Gasteiger charge is -2.32. The molecule has 0 aliphatic heterocycles. The van der Waals surface area contributed by atoms with E-state index in [2.05, 4.69) is 32.7 Å². The highest BCUT2D eigenvalue weighted by atomic mass is 19.1. The smallest absolute Gasteiger partial charge is 0.270 e. The summed E-state index contributed by atoms with van der Waals surface area (Å²) in [5.74, 6) is -0.611. The standard InChI is InChI=1S/C25H32FN7O2/c1-5-33-20(10-11-28-33)24(34)31-22(17-8-6-15(2)7-9-17)25(35)30-21-12-19(26)18(14-27-21)23-16(3)13-29-32(23)4/h10-15,17,22H,5-9H2,1-4H3,(H,31,34)(H,27,30,35)/t15?,17?,22-/m0/s1. The molecular weight excluding hydrogens is 449 g/mol. The zero-order valence-corrected chi connectivity index (χ0v) is 20.6. The first-order valence-electron chi connectivity index (χ1n) is 12.1. The van der Waals surface area contributed by atoms with Gasteiger partial charge in [-0.15, -0.1) is 0 Å². The van der Waals surface area contributed by atoms with Gasteiger partial charge in [0.1, 0.15) is 23.4 Å². The fraction of sp³-hybridized carbons (Fsp3) is 0.480. The Bertz CT molecular complexity index is 1190. The number of nitrogens with one attached hydrogen (secondary N) is 2. The van der Waals surface area contributed by atoms with Crippen LogP contribution >= 0.6 is 0 Å². The molecule has 1 aliphatic rings. The predicted molar refractivity (Wildman–Crippen MR) is 130 cm³/mol. The highest BCUT2D eigenvalue weighted by Crippen LogP contribution is 2.31. The van der Waals surface area contributed by atoms with Crippen LogP contribution in [0, 0.1) is 24.6 Å². The number of carbonyl (C=O) groups is 2. The van der Waals surface area contributed by atoms with Crippen molar-refractivity contribution in [2.75, 3.05) is 5.32 Å². The zero-order valence-electron chi connectivity index (χ0n) is 20.6. The second-order valence-electron chi connectivity index (χ2n) is 9.34. The van der Waals surface area contributed by atoms with Crippen LogP contribution in [0.2, 0.25) is 0 Å². The summed E-state index contributed by atoms with van der Waals surface area (Å²) in [6, 6.07) is 2.07. The first-order valence-corrected chi connectivity index (χ1v) is 12.1. The van der Waals surface area contributed by atoms with E-state index in [1.54, 1.807) is 34.9 Å². The predicted octanol–water partition coefficient (Wildman–Crippen LogP) is 3.71. The van der Waals surface area contributed by atoms with Crippen molar-refractivity contribution in [1.82, 2.24) is 29.9 Å². The van der Waals surface area contributed by atoms with Gasteiger partial charge in [-0.05, 0) is 50.2 Å². The monoisotopic (exact) mass is 481 g/mol. The molecule has 2 N–H and O–H groups in total. The lowest BCUT2D eigenvalue weighted by molar-refractivity contribution is -0.119. The molecule has 0 bridgehead atoms. The van der Waals surface area contributed by atoms with Gasteiger partial charge in [-0.25, -0.2) is 9.37 Å². The number of anilines is 1. The summed E-state index contributed by atoms with van der Waals surface area (Å²) in [6.45, 7) is 6.48. The number of amides is 2. The van der Waals surface area contributed by atoms with Crippen LogP contribution in [0.5, 0.6) is 0 Å². The zero-order chi connectivity index (χ0) is 25.1. The molecule has 3 heterocycles. The number of pyridine rings is 1. The van der Waals surface area contributed by atoms with E-state index in [9.17, 15) is 14.0 Å². The van der Waals surface area contributed by atoms with E-state index in [4.69, 9.17) is 0 Å². The molecule has 0 spiro atoms. The Morgan fingerprint density at radius 1 is 1.20 bits per heavy atom. The van der Waals surface area contributed by atoms with Crippen LogP contribution in [0.3, 0.4) is 0 Å². The van der Waals surface area contributed by atoms with Crippen molar-refractivity contribution in [3.63, 3.8) is 0 Å². The Kier molecular flexibility index (Phi) is 7.28. The van der Waals surface area contributed by atoms with Gasteiger partial charge in [0.2, 0.25) is 5.91 Å². The molecule has 4 rings (SSSR count). The number of aryl methyl sites for hydroxylation is 3. The van der Waals surface area contributed by atoms with Crippen molar-refractivity contribution < 1.29 is 14.0 Å². The van der Waals surface area contributed by atoms with Gasteiger partial charge >= 0.3 is 0 Å². The number of hydrogen-bond donors (Lipinski definition) is 2. The Morgan fingerprint density at radius 2 is 1.94 bits per heavy atom. The summed E-state index contributed by atoms with van der Waals surface area (Å²) < 4.78 is 18.2. The first-order chi connectivity index (χ1) is 16.8. The second kappa shape index (κ2) is 10.4. The molecule has 3 aromatic heterocycles. The molecule has 1 fully saturated rings. The van der Waals surface area contributed by atoms with Crippen molar-refractivity contribution in [2.24, 2.45) is 18.9 Å². The quantitative estimate of drug-likeness (QED) is 0.535. The molecule has 0 radical (unpaired) electrons. The molecule has 35 heavy (non-hydrogen) atoms.